The Labute approximate surface area is 81.7 Å². The molecule has 0 aromatic heterocycles. The summed E-state index contributed by atoms with van der Waals surface area (Å²) >= 11 is 0. The van der Waals surface area contributed by atoms with Crippen LogP contribution in [0.4, 0.5) is 0 Å². The molecule has 0 aliphatic rings. The highest BCUT2D eigenvalue weighted by atomic mass is 14.0. The third kappa shape index (κ3) is 3.75. The first-order valence-corrected chi connectivity index (χ1v) is 4.45. The molecule has 0 rings (SSSR count). The van der Waals surface area contributed by atoms with Crippen molar-refractivity contribution < 1.29 is 0 Å². The molecule has 0 aromatic carbocycles. The van der Waals surface area contributed by atoms with Gasteiger partial charge in [0, 0.05) is 0 Å². The summed E-state index contributed by atoms with van der Waals surface area (Å²) in [7, 11) is 0. The summed E-state index contributed by atoms with van der Waals surface area (Å²) in [6.45, 7) is 13.8. The fraction of sp³-hybridized carbons (Fsp3) is 0.231. The molecule has 0 nitrogen and oxygen atoms in total. The summed E-state index contributed by atoms with van der Waals surface area (Å²) in [5.41, 5.74) is 3.31. The zero-order valence-electron chi connectivity index (χ0n) is 8.80. The third-order valence-electron chi connectivity index (χ3n) is 1.76. The maximum Gasteiger partial charge on any atom is -0.0167 e. The summed E-state index contributed by atoms with van der Waals surface area (Å²) in [5, 5.41) is 0. The van der Waals surface area contributed by atoms with E-state index in [1.807, 2.05) is 38.2 Å². The molecule has 0 heterocycles. The van der Waals surface area contributed by atoms with Gasteiger partial charge in [0.15, 0.2) is 0 Å². The van der Waals surface area contributed by atoms with Gasteiger partial charge in [-0.2, -0.15) is 0 Å². The Morgan fingerprint density at radius 3 is 2.00 bits per heavy atom. The highest BCUT2D eigenvalue weighted by Crippen LogP contribution is 2.16. The van der Waals surface area contributed by atoms with Gasteiger partial charge < -0.3 is 0 Å². The minimum Gasteiger partial charge on any atom is -0.0984 e. The normalized spacial score (nSPS) is 13.5. The third-order valence-corrected chi connectivity index (χ3v) is 1.76. The van der Waals surface area contributed by atoms with Gasteiger partial charge in [0.1, 0.15) is 0 Å². The van der Waals surface area contributed by atoms with Crippen molar-refractivity contribution in [3.63, 3.8) is 0 Å². The van der Waals surface area contributed by atoms with E-state index in [0.29, 0.717) is 0 Å². The topological polar surface area (TPSA) is 0 Å². The van der Waals surface area contributed by atoms with E-state index in [2.05, 4.69) is 26.2 Å². The second-order valence-electron chi connectivity index (χ2n) is 2.83. The molecule has 0 aromatic rings. The van der Waals surface area contributed by atoms with Gasteiger partial charge in [-0.15, -0.1) is 0 Å². The maximum atomic E-state index is 3.97. The van der Waals surface area contributed by atoms with Gasteiger partial charge in [0.05, 0.1) is 0 Å². The molecule has 0 atom stereocenters. The van der Waals surface area contributed by atoms with Crippen LogP contribution in [0.1, 0.15) is 20.8 Å². The number of hydrogen-bond donors (Lipinski definition) is 0. The lowest BCUT2D eigenvalue weighted by Crippen LogP contribution is -1.84. The van der Waals surface area contributed by atoms with E-state index < -0.39 is 0 Å². The van der Waals surface area contributed by atoms with Crippen molar-refractivity contribution in [3.8, 4) is 0 Å². The summed E-state index contributed by atoms with van der Waals surface area (Å²) in [4.78, 5) is 0. The van der Waals surface area contributed by atoms with Gasteiger partial charge in [0.25, 0.3) is 0 Å². The number of hydrogen-bond acceptors (Lipinski definition) is 0. The Bertz CT molecular complexity index is 272. The van der Waals surface area contributed by atoms with Crippen molar-refractivity contribution >= 4 is 0 Å². The highest BCUT2D eigenvalue weighted by molar-refractivity contribution is 5.49. The van der Waals surface area contributed by atoms with Crippen molar-refractivity contribution in [2.24, 2.45) is 0 Å². The zero-order chi connectivity index (χ0) is 10.3. The predicted octanol–water partition coefficient (Wildman–Crippen LogP) is 4.20. The lowest BCUT2D eigenvalue weighted by molar-refractivity contribution is 1.40. The van der Waals surface area contributed by atoms with E-state index in [-0.39, 0.29) is 0 Å². The van der Waals surface area contributed by atoms with Gasteiger partial charge >= 0.3 is 0 Å². The molecule has 13 heavy (non-hydrogen) atoms. The summed E-state index contributed by atoms with van der Waals surface area (Å²) in [6, 6.07) is 0. The van der Waals surface area contributed by atoms with Crippen LogP contribution in [0.2, 0.25) is 0 Å². The number of rotatable bonds is 4. The summed E-state index contributed by atoms with van der Waals surface area (Å²) < 4.78 is 0. The SMILES string of the molecule is C=C/C(C(=C)/C=C\C)=C(C)/C=C\C. The Morgan fingerprint density at radius 2 is 1.62 bits per heavy atom. The van der Waals surface area contributed by atoms with Crippen molar-refractivity contribution in [1.29, 1.82) is 0 Å². The smallest absolute Gasteiger partial charge is 0.0167 e. The van der Waals surface area contributed by atoms with Crippen LogP contribution < -0.4 is 0 Å². The van der Waals surface area contributed by atoms with Gasteiger partial charge in [-0.05, 0) is 37.5 Å². The van der Waals surface area contributed by atoms with Crippen LogP contribution in [0.15, 0.2) is 60.3 Å². The molecule has 0 aliphatic heterocycles. The average Bonchev–Trinajstić information content (AvgIpc) is 2.06. The molecule has 0 aliphatic carbocycles. The quantitative estimate of drug-likeness (QED) is 0.560. The lowest BCUT2D eigenvalue weighted by Gasteiger charge is -2.04. The predicted molar refractivity (Wildman–Crippen MR) is 61.7 cm³/mol. The van der Waals surface area contributed by atoms with Crippen LogP contribution >= 0.6 is 0 Å². The maximum absolute atomic E-state index is 3.97. The van der Waals surface area contributed by atoms with Crippen LogP contribution in [-0.4, -0.2) is 0 Å². The summed E-state index contributed by atoms with van der Waals surface area (Å²) in [6.07, 6.45) is 9.89. The first-order chi connectivity index (χ1) is 6.17. The minimum absolute atomic E-state index is 1.01. The molecule has 0 spiro atoms. The average molecular weight is 174 g/mol. The standard InChI is InChI=1S/C13H18/c1-6-9-11(4)13(8-3)12(5)10-7-2/h6-10H,3-4H2,1-2,5H3/b9-6-,10-7-,13-12-. The Hall–Kier alpha value is -1.30. The first-order valence-electron chi connectivity index (χ1n) is 4.45. The molecular formula is C13H18. The molecule has 0 amide bonds. The minimum atomic E-state index is 1.01. The number of allylic oxidation sites excluding steroid dienone is 8. The van der Waals surface area contributed by atoms with E-state index >= 15 is 0 Å². The largest absolute Gasteiger partial charge is 0.0984 e. The highest BCUT2D eigenvalue weighted by Gasteiger charge is 1.97. The molecule has 0 radical (unpaired) electrons. The van der Waals surface area contributed by atoms with Crippen molar-refractivity contribution in [3.05, 3.63) is 60.3 Å². The Balaban J connectivity index is 4.98. The van der Waals surface area contributed by atoms with E-state index in [1.54, 1.807) is 0 Å². The van der Waals surface area contributed by atoms with Crippen LogP contribution in [0.3, 0.4) is 0 Å². The van der Waals surface area contributed by atoms with Gasteiger partial charge in [0.2, 0.25) is 0 Å². The molecule has 0 heteroatoms. The van der Waals surface area contributed by atoms with E-state index in [9.17, 15) is 0 Å². The van der Waals surface area contributed by atoms with Gasteiger partial charge in [-0.25, -0.2) is 0 Å². The van der Waals surface area contributed by atoms with E-state index in [4.69, 9.17) is 0 Å². The molecular weight excluding hydrogens is 156 g/mol. The Kier molecular flexibility index (Phi) is 5.62. The Morgan fingerprint density at radius 1 is 1.08 bits per heavy atom. The first kappa shape index (κ1) is 11.7. The van der Waals surface area contributed by atoms with E-state index in [1.165, 1.54) is 5.57 Å². The summed E-state index contributed by atoms with van der Waals surface area (Å²) in [5.74, 6) is 0. The monoisotopic (exact) mass is 174 g/mol. The molecule has 0 fully saturated rings. The van der Waals surface area contributed by atoms with Crippen LogP contribution in [-0.2, 0) is 0 Å². The molecule has 0 bridgehead atoms. The molecule has 0 N–H and O–H groups in total. The van der Waals surface area contributed by atoms with Crippen LogP contribution in [0, 0.1) is 0 Å². The van der Waals surface area contributed by atoms with E-state index in [0.717, 1.165) is 11.1 Å². The zero-order valence-corrected chi connectivity index (χ0v) is 8.80. The second kappa shape index (κ2) is 6.24. The van der Waals surface area contributed by atoms with Crippen molar-refractivity contribution in [2.75, 3.05) is 0 Å². The van der Waals surface area contributed by atoms with Crippen molar-refractivity contribution in [2.45, 2.75) is 20.8 Å². The second-order valence-corrected chi connectivity index (χ2v) is 2.83. The van der Waals surface area contributed by atoms with Gasteiger partial charge in [-0.1, -0.05) is 43.5 Å². The fourth-order valence-corrected chi connectivity index (χ4v) is 1.18. The van der Waals surface area contributed by atoms with Crippen LogP contribution in [0.25, 0.3) is 0 Å². The van der Waals surface area contributed by atoms with Crippen molar-refractivity contribution in [1.82, 2.24) is 0 Å². The molecule has 0 saturated heterocycles. The lowest BCUT2D eigenvalue weighted by atomic mass is 10.0. The molecule has 70 valence electrons. The van der Waals surface area contributed by atoms with Gasteiger partial charge in [-0.3, -0.25) is 0 Å². The molecule has 0 saturated carbocycles. The molecule has 0 unspecified atom stereocenters. The van der Waals surface area contributed by atoms with Crippen LogP contribution in [0.5, 0.6) is 0 Å². The fourth-order valence-electron chi connectivity index (χ4n) is 1.18.